The first-order chi connectivity index (χ1) is 9.96. The van der Waals surface area contributed by atoms with Gasteiger partial charge in [0.15, 0.2) is 0 Å². The molecule has 0 aliphatic carbocycles. The predicted octanol–water partition coefficient (Wildman–Crippen LogP) is 2.21. The second-order valence-corrected chi connectivity index (χ2v) is 6.24. The molecule has 0 bridgehead atoms. The minimum Gasteiger partial charge on any atom is -0.496 e. The summed E-state index contributed by atoms with van der Waals surface area (Å²) < 4.78 is 5.46. The van der Waals surface area contributed by atoms with Crippen LogP contribution in [0.5, 0.6) is 5.75 Å². The van der Waals surface area contributed by atoms with E-state index in [0.717, 1.165) is 43.1 Å². The summed E-state index contributed by atoms with van der Waals surface area (Å²) in [5.41, 5.74) is 2.08. The molecule has 0 amide bonds. The Balaban J connectivity index is 2.84. The van der Waals surface area contributed by atoms with E-state index in [9.17, 15) is 5.11 Å². The number of hydrogen-bond acceptors (Lipinski definition) is 4. The van der Waals surface area contributed by atoms with Crippen molar-refractivity contribution in [1.82, 2.24) is 9.80 Å². The average Bonchev–Trinajstić information content (AvgIpc) is 2.44. The average molecular weight is 294 g/mol. The van der Waals surface area contributed by atoms with Crippen LogP contribution in [0.3, 0.4) is 0 Å². The van der Waals surface area contributed by atoms with E-state index < -0.39 is 0 Å². The summed E-state index contributed by atoms with van der Waals surface area (Å²) in [6.07, 6.45) is 0. The van der Waals surface area contributed by atoms with Crippen LogP contribution in [0, 0.1) is 5.92 Å². The van der Waals surface area contributed by atoms with Crippen LogP contribution >= 0.6 is 0 Å². The van der Waals surface area contributed by atoms with Crippen molar-refractivity contribution in [3.8, 4) is 5.75 Å². The Morgan fingerprint density at radius 3 is 2.43 bits per heavy atom. The molecular formula is C17H30N2O2. The Hall–Kier alpha value is -1.10. The smallest absolute Gasteiger partial charge is 0.123 e. The highest BCUT2D eigenvalue weighted by molar-refractivity contribution is 5.37. The van der Waals surface area contributed by atoms with E-state index in [4.69, 9.17) is 4.74 Å². The summed E-state index contributed by atoms with van der Waals surface area (Å²) in [6.45, 7) is 8.52. The zero-order valence-electron chi connectivity index (χ0n) is 14.1. The third-order valence-corrected chi connectivity index (χ3v) is 3.41. The van der Waals surface area contributed by atoms with Crippen LogP contribution in [0.25, 0.3) is 0 Å². The molecule has 0 aliphatic rings. The zero-order valence-corrected chi connectivity index (χ0v) is 14.1. The molecule has 0 saturated heterocycles. The van der Waals surface area contributed by atoms with Gasteiger partial charge in [-0.1, -0.05) is 19.9 Å². The lowest BCUT2D eigenvalue weighted by molar-refractivity contribution is 0.209. The Kier molecular flexibility index (Phi) is 7.72. The fourth-order valence-corrected chi connectivity index (χ4v) is 2.39. The van der Waals surface area contributed by atoms with E-state index in [1.807, 2.05) is 18.2 Å². The highest BCUT2D eigenvalue weighted by atomic mass is 16.5. The van der Waals surface area contributed by atoms with Gasteiger partial charge in [-0.15, -0.1) is 0 Å². The molecule has 4 heteroatoms. The summed E-state index contributed by atoms with van der Waals surface area (Å²) in [4.78, 5) is 4.65. The number of nitrogens with zero attached hydrogens (tertiary/aromatic N) is 2. The van der Waals surface area contributed by atoms with Gasteiger partial charge in [0.25, 0.3) is 0 Å². The molecule has 1 aromatic rings. The van der Waals surface area contributed by atoms with Crippen LogP contribution in [-0.4, -0.2) is 55.7 Å². The molecule has 0 spiro atoms. The first kappa shape index (κ1) is 18.0. The van der Waals surface area contributed by atoms with Gasteiger partial charge in [-0.3, -0.25) is 4.90 Å². The highest BCUT2D eigenvalue weighted by Crippen LogP contribution is 2.22. The number of ether oxygens (including phenoxy) is 1. The summed E-state index contributed by atoms with van der Waals surface area (Å²) in [5.74, 6) is 1.52. The summed E-state index contributed by atoms with van der Waals surface area (Å²) in [6, 6.07) is 5.90. The van der Waals surface area contributed by atoms with Gasteiger partial charge in [0.2, 0.25) is 0 Å². The number of hydrogen-bond donors (Lipinski definition) is 1. The maximum absolute atomic E-state index is 9.32. The van der Waals surface area contributed by atoms with Crippen molar-refractivity contribution in [3.05, 3.63) is 29.3 Å². The van der Waals surface area contributed by atoms with Crippen molar-refractivity contribution in [2.24, 2.45) is 5.92 Å². The monoisotopic (exact) mass is 294 g/mol. The zero-order chi connectivity index (χ0) is 15.8. The molecule has 0 aromatic heterocycles. The minimum atomic E-state index is 0.0683. The highest BCUT2D eigenvalue weighted by Gasteiger charge is 2.12. The summed E-state index contributed by atoms with van der Waals surface area (Å²) in [5, 5.41) is 9.32. The second-order valence-electron chi connectivity index (χ2n) is 6.24. The predicted molar refractivity (Wildman–Crippen MR) is 87.6 cm³/mol. The molecule has 1 rings (SSSR count). The minimum absolute atomic E-state index is 0.0683. The normalized spacial score (nSPS) is 11.7. The molecular weight excluding hydrogens is 264 g/mol. The second kappa shape index (κ2) is 9.03. The molecule has 0 aliphatic heterocycles. The lowest BCUT2D eigenvalue weighted by atomic mass is 10.1. The van der Waals surface area contributed by atoms with E-state index in [2.05, 4.69) is 37.7 Å². The third kappa shape index (κ3) is 6.46. The number of benzene rings is 1. The molecule has 0 fully saturated rings. The molecule has 0 saturated carbocycles. The SMILES string of the molecule is COc1ccc(CO)cc1CN(CCN(C)C)CC(C)C. The van der Waals surface area contributed by atoms with E-state index >= 15 is 0 Å². The van der Waals surface area contributed by atoms with Crippen molar-refractivity contribution in [2.75, 3.05) is 40.8 Å². The van der Waals surface area contributed by atoms with Gasteiger partial charge in [-0.2, -0.15) is 0 Å². The number of likely N-dealkylation sites (N-methyl/N-ethyl adjacent to an activating group) is 1. The maximum atomic E-state index is 9.32. The molecule has 4 nitrogen and oxygen atoms in total. The van der Waals surface area contributed by atoms with Crippen LogP contribution in [0.15, 0.2) is 18.2 Å². The van der Waals surface area contributed by atoms with Crippen LogP contribution < -0.4 is 4.74 Å². The van der Waals surface area contributed by atoms with Gasteiger partial charge < -0.3 is 14.7 Å². The van der Waals surface area contributed by atoms with Crippen molar-refractivity contribution in [2.45, 2.75) is 27.0 Å². The van der Waals surface area contributed by atoms with Gasteiger partial charge in [0.05, 0.1) is 13.7 Å². The number of methoxy groups -OCH3 is 1. The topological polar surface area (TPSA) is 35.9 Å². The largest absolute Gasteiger partial charge is 0.496 e. The molecule has 0 unspecified atom stereocenters. The number of aliphatic hydroxyl groups is 1. The van der Waals surface area contributed by atoms with E-state index in [1.54, 1.807) is 7.11 Å². The summed E-state index contributed by atoms with van der Waals surface area (Å²) in [7, 11) is 5.89. The molecule has 120 valence electrons. The first-order valence-electron chi connectivity index (χ1n) is 7.60. The fraction of sp³-hybridized carbons (Fsp3) is 0.647. The van der Waals surface area contributed by atoms with Crippen molar-refractivity contribution < 1.29 is 9.84 Å². The molecule has 0 heterocycles. The Labute approximate surface area is 129 Å². The van der Waals surface area contributed by atoms with Gasteiger partial charge in [-0.25, -0.2) is 0 Å². The standard InChI is InChI=1S/C17H30N2O2/c1-14(2)11-19(9-8-18(3)4)12-16-10-15(13-20)6-7-17(16)21-5/h6-7,10,14,20H,8-9,11-13H2,1-5H3. The quantitative estimate of drug-likeness (QED) is 0.757. The van der Waals surface area contributed by atoms with Gasteiger partial charge >= 0.3 is 0 Å². The lowest BCUT2D eigenvalue weighted by Gasteiger charge is -2.26. The van der Waals surface area contributed by atoms with Crippen molar-refractivity contribution in [3.63, 3.8) is 0 Å². The third-order valence-electron chi connectivity index (χ3n) is 3.41. The number of aliphatic hydroxyl groups excluding tert-OH is 1. The van der Waals surface area contributed by atoms with Gasteiger partial charge in [0, 0.05) is 31.7 Å². The fourth-order valence-electron chi connectivity index (χ4n) is 2.39. The molecule has 21 heavy (non-hydrogen) atoms. The Morgan fingerprint density at radius 2 is 1.90 bits per heavy atom. The summed E-state index contributed by atoms with van der Waals surface area (Å²) >= 11 is 0. The molecule has 1 N–H and O–H groups in total. The lowest BCUT2D eigenvalue weighted by Crippen LogP contribution is -2.34. The first-order valence-corrected chi connectivity index (χ1v) is 7.60. The number of rotatable bonds is 9. The van der Waals surface area contributed by atoms with Crippen LogP contribution in [0.4, 0.5) is 0 Å². The van der Waals surface area contributed by atoms with Gasteiger partial charge in [0.1, 0.15) is 5.75 Å². The van der Waals surface area contributed by atoms with E-state index in [1.165, 1.54) is 0 Å². The van der Waals surface area contributed by atoms with Crippen LogP contribution in [-0.2, 0) is 13.2 Å². The van der Waals surface area contributed by atoms with Crippen molar-refractivity contribution in [1.29, 1.82) is 0 Å². The molecule has 1 aromatic carbocycles. The maximum Gasteiger partial charge on any atom is 0.123 e. The van der Waals surface area contributed by atoms with Crippen LogP contribution in [0.1, 0.15) is 25.0 Å². The Morgan fingerprint density at radius 1 is 1.19 bits per heavy atom. The van der Waals surface area contributed by atoms with E-state index in [-0.39, 0.29) is 6.61 Å². The van der Waals surface area contributed by atoms with E-state index in [0.29, 0.717) is 5.92 Å². The van der Waals surface area contributed by atoms with Gasteiger partial charge in [-0.05, 0) is 37.7 Å². The molecule has 0 atom stereocenters. The Bertz CT molecular complexity index is 419. The van der Waals surface area contributed by atoms with Crippen LogP contribution in [0.2, 0.25) is 0 Å². The van der Waals surface area contributed by atoms with Crippen molar-refractivity contribution >= 4 is 0 Å². The molecule has 0 radical (unpaired) electrons.